The predicted octanol–water partition coefficient (Wildman–Crippen LogP) is -0.0100. The van der Waals surface area contributed by atoms with Gasteiger partial charge in [0.1, 0.15) is 11.8 Å². The lowest BCUT2D eigenvalue weighted by molar-refractivity contribution is 0.0685. The third-order valence-corrected chi connectivity index (χ3v) is 1.21. The molecule has 56 valence electrons. The summed E-state index contributed by atoms with van der Waals surface area (Å²) in [5, 5.41) is 20.5. The zero-order chi connectivity index (χ0) is 8.43. The normalized spacial score (nSPS) is 9.09. The fourth-order valence-electron chi connectivity index (χ4n) is 0.722. The molecule has 1 aromatic heterocycles. The first-order valence-electron chi connectivity index (χ1n) is 2.82. The number of hydrogen-bond donors (Lipinski definition) is 1. The lowest BCUT2D eigenvalue weighted by Gasteiger charge is -1.90. The Kier molecular flexibility index (Phi) is 1.60. The van der Waals surface area contributed by atoms with E-state index in [-0.39, 0.29) is 11.4 Å². The summed E-state index contributed by atoms with van der Waals surface area (Å²) in [6.45, 7) is 0. The van der Waals surface area contributed by atoms with Crippen LogP contribution in [0.25, 0.3) is 0 Å². The van der Waals surface area contributed by atoms with Crippen molar-refractivity contribution in [3.05, 3.63) is 17.5 Å². The maximum Gasteiger partial charge on any atom is 0.354 e. The number of rotatable bonds is 1. The van der Waals surface area contributed by atoms with Gasteiger partial charge in [-0.25, -0.2) is 4.79 Å². The van der Waals surface area contributed by atoms with E-state index >= 15 is 0 Å². The van der Waals surface area contributed by atoms with E-state index in [2.05, 4.69) is 5.10 Å². The van der Waals surface area contributed by atoms with Crippen LogP contribution >= 0.6 is 0 Å². The van der Waals surface area contributed by atoms with Gasteiger partial charge in [0.15, 0.2) is 5.69 Å². The van der Waals surface area contributed by atoms with Crippen molar-refractivity contribution in [1.82, 2.24) is 9.78 Å². The number of aromatic carboxylic acids is 1. The summed E-state index contributed by atoms with van der Waals surface area (Å²) in [6, 6.07) is 2.97. The SMILES string of the molecule is Cn1nc(C#N)cc1C(=O)O. The van der Waals surface area contributed by atoms with Crippen molar-refractivity contribution in [2.45, 2.75) is 0 Å². The third kappa shape index (κ3) is 1.19. The summed E-state index contributed by atoms with van der Waals surface area (Å²) >= 11 is 0. The number of carboxylic acids is 1. The zero-order valence-electron chi connectivity index (χ0n) is 5.77. The van der Waals surface area contributed by atoms with E-state index in [4.69, 9.17) is 10.4 Å². The molecule has 0 saturated carbocycles. The molecule has 0 radical (unpaired) electrons. The van der Waals surface area contributed by atoms with Gasteiger partial charge < -0.3 is 5.11 Å². The zero-order valence-corrected chi connectivity index (χ0v) is 5.77. The minimum atomic E-state index is -1.08. The molecule has 5 heteroatoms. The van der Waals surface area contributed by atoms with E-state index in [1.165, 1.54) is 13.1 Å². The van der Waals surface area contributed by atoms with Crippen LogP contribution in [0.1, 0.15) is 16.2 Å². The largest absolute Gasteiger partial charge is 0.477 e. The molecule has 0 aliphatic heterocycles. The molecule has 1 aromatic rings. The van der Waals surface area contributed by atoms with Crippen molar-refractivity contribution >= 4 is 5.97 Å². The number of nitrogens with zero attached hydrogens (tertiary/aromatic N) is 3. The van der Waals surface area contributed by atoms with Crippen LogP contribution in [0, 0.1) is 11.3 Å². The molecule has 0 amide bonds. The van der Waals surface area contributed by atoms with Gasteiger partial charge in [-0.1, -0.05) is 0 Å². The lowest BCUT2D eigenvalue weighted by Crippen LogP contribution is -2.04. The molecule has 0 aromatic carbocycles. The summed E-state index contributed by atoms with van der Waals surface area (Å²) in [7, 11) is 1.48. The van der Waals surface area contributed by atoms with Crippen LogP contribution in [-0.2, 0) is 7.05 Å². The molecular formula is C6H5N3O2. The molecule has 0 aliphatic rings. The molecule has 0 fully saturated rings. The number of nitriles is 1. The number of carboxylic acid groups (broad SMARTS) is 1. The quantitative estimate of drug-likeness (QED) is 0.612. The van der Waals surface area contributed by atoms with Gasteiger partial charge in [-0.3, -0.25) is 4.68 Å². The first-order chi connectivity index (χ1) is 5.15. The Labute approximate surface area is 62.5 Å². The second-order valence-corrected chi connectivity index (χ2v) is 1.96. The van der Waals surface area contributed by atoms with Gasteiger partial charge in [0, 0.05) is 13.1 Å². The molecule has 1 N–H and O–H groups in total. The fraction of sp³-hybridized carbons (Fsp3) is 0.167. The van der Waals surface area contributed by atoms with Crippen molar-refractivity contribution in [1.29, 1.82) is 5.26 Å². The van der Waals surface area contributed by atoms with Gasteiger partial charge in [-0.2, -0.15) is 10.4 Å². The summed E-state index contributed by atoms with van der Waals surface area (Å²) in [6.07, 6.45) is 0. The Balaban J connectivity index is 3.20. The van der Waals surface area contributed by atoms with Crippen LogP contribution in [0.4, 0.5) is 0 Å². The van der Waals surface area contributed by atoms with Crippen molar-refractivity contribution in [2.75, 3.05) is 0 Å². The molecule has 1 rings (SSSR count). The Morgan fingerprint density at radius 3 is 2.82 bits per heavy atom. The van der Waals surface area contributed by atoms with E-state index in [0.29, 0.717) is 0 Å². The highest BCUT2D eigenvalue weighted by Crippen LogP contribution is 2.00. The topological polar surface area (TPSA) is 78.9 Å². The molecule has 0 atom stereocenters. The standard InChI is InChI=1S/C6H5N3O2/c1-9-5(6(10)11)2-4(3-7)8-9/h2H,1H3,(H,10,11). The van der Waals surface area contributed by atoms with Gasteiger partial charge >= 0.3 is 5.97 Å². The first-order valence-corrected chi connectivity index (χ1v) is 2.82. The first kappa shape index (κ1) is 7.28. The minimum absolute atomic E-state index is 0.0153. The van der Waals surface area contributed by atoms with E-state index < -0.39 is 5.97 Å². The van der Waals surface area contributed by atoms with Crippen LogP contribution < -0.4 is 0 Å². The summed E-state index contributed by atoms with van der Waals surface area (Å²) in [5.41, 5.74) is 0.131. The Morgan fingerprint density at radius 2 is 2.55 bits per heavy atom. The molecule has 0 aliphatic carbocycles. The van der Waals surface area contributed by atoms with E-state index in [1.54, 1.807) is 6.07 Å². The molecular weight excluding hydrogens is 146 g/mol. The summed E-state index contributed by atoms with van der Waals surface area (Å²) < 4.78 is 1.15. The summed E-state index contributed by atoms with van der Waals surface area (Å²) in [5.74, 6) is -1.08. The van der Waals surface area contributed by atoms with Gasteiger partial charge in [0.05, 0.1) is 0 Å². The van der Waals surface area contributed by atoms with Crippen molar-refractivity contribution in [3.8, 4) is 6.07 Å². The van der Waals surface area contributed by atoms with E-state index in [0.717, 1.165) is 4.68 Å². The molecule has 0 spiro atoms. The van der Waals surface area contributed by atoms with Crippen molar-refractivity contribution in [2.24, 2.45) is 7.05 Å². The van der Waals surface area contributed by atoms with Crippen molar-refractivity contribution < 1.29 is 9.90 Å². The smallest absolute Gasteiger partial charge is 0.354 e. The number of hydrogen-bond acceptors (Lipinski definition) is 3. The maximum atomic E-state index is 10.4. The Hall–Kier alpha value is -1.83. The predicted molar refractivity (Wildman–Crippen MR) is 34.9 cm³/mol. The highest BCUT2D eigenvalue weighted by Gasteiger charge is 2.10. The fourth-order valence-corrected chi connectivity index (χ4v) is 0.722. The van der Waals surface area contributed by atoms with E-state index in [9.17, 15) is 4.79 Å². The number of aryl methyl sites for hydroxylation is 1. The van der Waals surface area contributed by atoms with Crippen LogP contribution in [0.5, 0.6) is 0 Å². The highest BCUT2D eigenvalue weighted by atomic mass is 16.4. The summed E-state index contributed by atoms with van der Waals surface area (Å²) in [4.78, 5) is 10.4. The number of carbonyl (C=O) groups is 1. The van der Waals surface area contributed by atoms with Gasteiger partial charge in [0.2, 0.25) is 0 Å². The van der Waals surface area contributed by atoms with Crippen LogP contribution in [0.15, 0.2) is 6.07 Å². The van der Waals surface area contributed by atoms with E-state index in [1.807, 2.05) is 0 Å². The average molecular weight is 151 g/mol. The lowest BCUT2D eigenvalue weighted by atomic mass is 10.4. The Morgan fingerprint density at radius 1 is 1.91 bits per heavy atom. The minimum Gasteiger partial charge on any atom is -0.477 e. The third-order valence-electron chi connectivity index (χ3n) is 1.21. The van der Waals surface area contributed by atoms with Gasteiger partial charge in [-0.05, 0) is 0 Å². The van der Waals surface area contributed by atoms with Crippen molar-refractivity contribution in [3.63, 3.8) is 0 Å². The molecule has 5 nitrogen and oxygen atoms in total. The highest BCUT2D eigenvalue weighted by molar-refractivity contribution is 5.85. The molecule has 0 unspecified atom stereocenters. The van der Waals surface area contributed by atoms with Gasteiger partial charge in [-0.15, -0.1) is 0 Å². The number of aromatic nitrogens is 2. The molecule has 0 saturated heterocycles. The van der Waals surface area contributed by atoms with Gasteiger partial charge in [0.25, 0.3) is 0 Å². The molecule has 11 heavy (non-hydrogen) atoms. The Bertz CT molecular complexity index is 334. The molecule has 0 bridgehead atoms. The second kappa shape index (κ2) is 2.42. The second-order valence-electron chi connectivity index (χ2n) is 1.96. The average Bonchev–Trinajstić information content (AvgIpc) is 2.30. The van der Waals surface area contributed by atoms with Crippen LogP contribution in [0.2, 0.25) is 0 Å². The van der Waals surface area contributed by atoms with Crippen LogP contribution in [-0.4, -0.2) is 20.9 Å². The van der Waals surface area contributed by atoms with Crippen LogP contribution in [0.3, 0.4) is 0 Å². The monoisotopic (exact) mass is 151 g/mol. The maximum absolute atomic E-state index is 10.4. The molecule has 1 heterocycles.